The first-order chi connectivity index (χ1) is 7.69. The Kier molecular flexibility index (Phi) is 4.62. The average Bonchev–Trinajstić information content (AvgIpc) is 2.28. The van der Waals surface area contributed by atoms with Crippen LogP contribution in [0.4, 0.5) is 0 Å². The minimum atomic E-state index is -0.0661. The van der Waals surface area contributed by atoms with Crippen LogP contribution in [0.2, 0.25) is 0 Å². The molecule has 0 bridgehead atoms. The maximum atomic E-state index is 8.83. The Morgan fingerprint density at radius 3 is 2.50 bits per heavy atom. The second-order valence-corrected chi connectivity index (χ2v) is 3.39. The Labute approximate surface area is 95.4 Å². The lowest BCUT2D eigenvalue weighted by Crippen LogP contribution is -2.17. The molecule has 16 heavy (non-hydrogen) atoms. The summed E-state index contributed by atoms with van der Waals surface area (Å²) in [6.07, 6.45) is -0.0661. The molecule has 0 N–H and O–H groups in total. The molecule has 1 aromatic carbocycles. The van der Waals surface area contributed by atoms with Crippen molar-refractivity contribution in [2.45, 2.75) is 13.0 Å². The highest BCUT2D eigenvalue weighted by molar-refractivity contribution is 5.43. The van der Waals surface area contributed by atoms with Crippen LogP contribution < -0.4 is 9.47 Å². The average molecular weight is 221 g/mol. The minimum Gasteiger partial charge on any atom is -0.497 e. The van der Waals surface area contributed by atoms with Crippen LogP contribution in [0.25, 0.3) is 0 Å². The topological polar surface area (TPSA) is 51.5 Å². The predicted molar refractivity (Wildman–Crippen MR) is 59.7 cm³/mol. The van der Waals surface area contributed by atoms with Gasteiger partial charge in [0.25, 0.3) is 0 Å². The van der Waals surface area contributed by atoms with E-state index in [-0.39, 0.29) is 6.10 Å². The first kappa shape index (κ1) is 12.3. The maximum Gasteiger partial charge on any atom is 0.124 e. The third-order valence-electron chi connectivity index (χ3n) is 1.98. The number of hydrogen-bond donors (Lipinski definition) is 0. The molecule has 0 aliphatic carbocycles. The zero-order valence-electron chi connectivity index (χ0n) is 9.69. The van der Waals surface area contributed by atoms with E-state index >= 15 is 0 Å². The Hall–Kier alpha value is -1.73. The van der Waals surface area contributed by atoms with Gasteiger partial charge in [0.1, 0.15) is 17.6 Å². The molecule has 0 aromatic heterocycles. The van der Waals surface area contributed by atoms with E-state index < -0.39 is 0 Å². The Balaban J connectivity index is 2.83. The van der Waals surface area contributed by atoms with Crippen molar-refractivity contribution in [1.29, 1.82) is 5.26 Å². The molecule has 0 fully saturated rings. The number of nitriles is 1. The molecule has 1 aromatic rings. The smallest absolute Gasteiger partial charge is 0.124 e. The molecule has 86 valence electrons. The number of hydrogen-bond acceptors (Lipinski definition) is 4. The van der Waals surface area contributed by atoms with Crippen molar-refractivity contribution >= 4 is 0 Å². The summed E-state index contributed by atoms with van der Waals surface area (Å²) in [4.78, 5) is 0. The number of ether oxygens (including phenoxy) is 3. The summed E-state index contributed by atoms with van der Waals surface area (Å²) in [6.45, 7) is 2.40. The lowest BCUT2D eigenvalue weighted by molar-refractivity contribution is 0.0919. The van der Waals surface area contributed by atoms with Crippen molar-refractivity contribution in [3.8, 4) is 17.6 Å². The van der Waals surface area contributed by atoms with Gasteiger partial charge in [-0.15, -0.1) is 0 Å². The van der Waals surface area contributed by atoms with E-state index in [0.29, 0.717) is 23.7 Å². The van der Waals surface area contributed by atoms with Crippen LogP contribution in [0.5, 0.6) is 11.5 Å². The van der Waals surface area contributed by atoms with Gasteiger partial charge in [-0.05, 0) is 19.1 Å². The third-order valence-corrected chi connectivity index (χ3v) is 1.98. The van der Waals surface area contributed by atoms with Gasteiger partial charge in [-0.25, -0.2) is 0 Å². The van der Waals surface area contributed by atoms with Gasteiger partial charge >= 0.3 is 0 Å². The SMILES string of the molecule is COCC(C)Oc1cc(C#N)cc(OC)c1. The molecule has 0 aliphatic heterocycles. The van der Waals surface area contributed by atoms with Crippen LogP contribution in [0, 0.1) is 11.3 Å². The molecule has 4 nitrogen and oxygen atoms in total. The van der Waals surface area contributed by atoms with Gasteiger partial charge in [-0.3, -0.25) is 0 Å². The number of rotatable bonds is 5. The molecule has 1 rings (SSSR count). The second-order valence-electron chi connectivity index (χ2n) is 3.39. The second kappa shape index (κ2) is 5.99. The van der Waals surface area contributed by atoms with Gasteiger partial charge in [0, 0.05) is 13.2 Å². The molecule has 0 radical (unpaired) electrons. The highest BCUT2D eigenvalue weighted by Crippen LogP contribution is 2.23. The number of methoxy groups -OCH3 is 2. The summed E-state index contributed by atoms with van der Waals surface area (Å²) < 4.78 is 15.6. The molecule has 0 saturated heterocycles. The molecule has 1 unspecified atom stereocenters. The quantitative estimate of drug-likeness (QED) is 0.762. The Morgan fingerprint density at radius 1 is 1.25 bits per heavy atom. The fourth-order valence-electron chi connectivity index (χ4n) is 1.32. The van der Waals surface area contributed by atoms with Crippen LogP contribution in [0.15, 0.2) is 18.2 Å². The molecule has 0 aliphatic rings. The van der Waals surface area contributed by atoms with E-state index in [0.717, 1.165) is 0 Å². The van der Waals surface area contributed by atoms with Crippen LogP contribution in [-0.4, -0.2) is 26.9 Å². The Bertz CT molecular complexity index is 384. The summed E-state index contributed by atoms with van der Waals surface area (Å²) >= 11 is 0. The monoisotopic (exact) mass is 221 g/mol. The van der Waals surface area contributed by atoms with Gasteiger partial charge in [0.05, 0.1) is 25.3 Å². The van der Waals surface area contributed by atoms with Crippen LogP contribution >= 0.6 is 0 Å². The molecule has 0 amide bonds. The fraction of sp³-hybridized carbons (Fsp3) is 0.417. The van der Waals surface area contributed by atoms with Crippen molar-refractivity contribution < 1.29 is 14.2 Å². The maximum absolute atomic E-state index is 8.83. The predicted octanol–water partition coefficient (Wildman–Crippen LogP) is 1.98. The molecule has 0 spiro atoms. The van der Waals surface area contributed by atoms with E-state index in [2.05, 4.69) is 6.07 Å². The molecule has 0 saturated carbocycles. The molecule has 4 heteroatoms. The fourth-order valence-corrected chi connectivity index (χ4v) is 1.32. The van der Waals surface area contributed by atoms with E-state index in [1.165, 1.54) is 0 Å². The molecular formula is C12H15NO3. The van der Waals surface area contributed by atoms with E-state index in [4.69, 9.17) is 19.5 Å². The summed E-state index contributed by atoms with van der Waals surface area (Å²) in [5.74, 6) is 1.22. The molecular weight excluding hydrogens is 206 g/mol. The highest BCUT2D eigenvalue weighted by Gasteiger charge is 2.06. The standard InChI is InChI=1S/C12H15NO3/c1-9(8-14-2)16-12-5-10(7-13)4-11(6-12)15-3/h4-6,9H,8H2,1-3H3. The van der Waals surface area contributed by atoms with Gasteiger partial charge < -0.3 is 14.2 Å². The van der Waals surface area contributed by atoms with E-state index in [9.17, 15) is 0 Å². The largest absolute Gasteiger partial charge is 0.497 e. The summed E-state index contributed by atoms with van der Waals surface area (Å²) in [6, 6.07) is 7.13. The van der Waals surface area contributed by atoms with Gasteiger partial charge in [-0.1, -0.05) is 0 Å². The summed E-state index contributed by atoms with van der Waals surface area (Å²) in [5.41, 5.74) is 0.513. The number of benzene rings is 1. The van der Waals surface area contributed by atoms with Crippen LogP contribution in [0.1, 0.15) is 12.5 Å². The summed E-state index contributed by atoms with van der Waals surface area (Å²) in [7, 11) is 3.17. The zero-order valence-corrected chi connectivity index (χ0v) is 9.69. The van der Waals surface area contributed by atoms with Gasteiger partial charge in [-0.2, -0.15) is 5.26 Å². The van der Waals surface area contributed by atoms with Crippen molar-refractivity contribution in [3.05, 3.63) is 23.8 Å². The normalized spacial score (nSPS) is 11.6. The van der Waals surface area contributed by atoms with Crippen molar-refractivity contribution in [1.82, 2.24) is 0 Å². The first-order valence-electron chi connectivity index (χ1n) is 4.94. The molecule has 0 heterocycles. The first-order valence-corrected chi connectivity index (χ1v) is 4.94. The lowest BCUT2D eigenvalue weighted by atomic mass is 10.2. The minimum absolute atomic E-state index is 0.0661. The van der Waals surface area contributed by atoms with Gasteiger partial charge in [0.15, 0.2) is 0 Å². The van der Waals surface area contributed by atoms with E-state index in [1.54, 1.807) is 32.4 Å². The third kappa shape index (κ3) is 3.44. The van der Waals surface area contributed by atoms with Crippen molar-refractivity contribution in [2.24, 2.45) is 0 Å². The zero-order chi connectivity index (χ0) is 12.0. The Morgan fingerprint density at radius 2 is 1.94 bits per heavy atom. The van der Waals surface area contributed by atoms with Crippen LogP contribution in [0.3, 0.4) is 0 Å². The highest BCUT2D eigenvalue weighted by atomic mass is 16.5. The lowest BCUT2D eigenvalue weighted by Gasteiger charge is -2.14. The molecule has 1 atom stereocenters. The number of nitrogens with zero attached hydrogens (tertiary/aromatic N) is 1. The van der Waals surface area contributed by atoms with Crippen molar-refractivity contribution in [3.63, 3.8) is 0 Å². The van der Waals surface area contributed by atoms with E-state index in [1.807, 2.05) is 6.92 Å². The van der Waals surface area contributed by atoms with Crippen molar-refractivity contribution in [2.75, 3.05) is 20.8 Å². The summed E-state index contributed by atoms with van der Waals surface area (Å²) in [5, 5.41) is 8.83. The van der Waals surface area contributed by atoms with Crippen LogP contribution in [-0.2, 0) is 4.74 Å². The van der Waals surface area contributed by atoms with Gasteiger partial charge in [0.2, 0.25) is 0 Å².